The quantitative estimate of drug-likeness (QED) is 0.805. The summed E-state index contributed by atoms with van der Waals surface area (Å²) < 4.78 is 12.3. The van der Waals surface area contributed by atoms with Gasteiger partial charge in [-0.1, -0.05) is 0 Å². The third-order valence-corrected chi connectivity index (χ3v) is 2.38. The van der Waals surface area contributed by atoms with Gasteiger partial charge in [-0.05, 0) is 13.8 Å². The number of nitrogens with one attached hydrogen (secondary N) is 1. The summed E-state index contributed by atoms with van der Waals surface area (Å²) in [4.78, 5) is 16.7. The van der Waals surface area contributed by atoms with Crippen molar-refractivity contribution in [1.82, 2.24) is 24.5 Å². The first kappa shape index (κ1) is 14.2. The Morgan fingerprint density at radius 1 is 1.35 bits per heavy atom. The maximum Gasteiger partial charge on any atom is 0.323 e. The van der Waals surface area contributed by atoms with Crippen LogP contribution >= 0.6 is 0 Å². The van der Waals surface area contributed by atoms with Crippen molar-refractivity contribution in [3.8, 4) is 12.0 Å². The van der Waals surface area contributed by atoms with E-state index < -0.39 is 0 Å². The first-order chi connectivity index (χ1) is 9.72. The van der Waals surface area contributed by atoms with E-state index in [9.17, 15) is 0 Å². The molecule has 0 fully saturated rings. The lowest BCUT2D eigenvalue weighted by Gasteiger charge is -2.13. The molecule has 0 saturated carbocycles. The highest BCUT2D eigenvalue weighted by Crippen LogP contribution is 2.12. The number of rotatable bonds is 7. The molecule has 20 heavy (non-hydrogen) atoms. The molecule has 1 unspecified atom stereocenters. The van der Waals surface area contributed by atoms with Gasteiger partial charge in [-0.25, -0.2) is 4.98 Å². The van der Waals surface area contributed by atoms with Crippen LogP contribution in [-0.2, 0) is 4.74 Å². The molecule has 0 aromatic carbocycles. The smallest absolute Gasteiger partial charge is 0.323 e. The number of ether oxygens (including phenoxy) is 2. The van der Waals surface area contributed by atoms with Gasteiger partial charge in [0.25, 0.3) is 0 Å². The average molecular weight is 278 g/mol. The molecular formula is C12H18N6O2. The van der Waals surface area contributed by atoms with Crippen LogP contribution in [0.15, 0.2) is 18.7 Å². The molecule has 0 amide bonds. The van der Waals surface area contributed by atoms with Gasteiger partial charge in [0.05, 0.1) is 6.61 Å². The molecule has 2 heterocycles. The van der Waals surface area contributed by atoms with Crippen LogP contribution in [0.4, 0.5) is 5.95 Å². The first-order valence-electron chi connectivity index (χ1n) is 6.36. The number of aromatic nitrogens is 5. The van der Waals surface area contributed by atoms with Crippen LogP contribution in [0.25, 0.3) is 5.95 Å². The summed E-state index contributed by atoms with van der Waals surface area (Å²) >= 11 is 0. The number of methoxy groups -OCH3 is 1. The largest absolute Gasteiger partial charge is 0.458 e. The monoisotopic (exact) mass is 278 g/mol. The van der Waals surface area contributed by atoms with Gasteiger partial charge in [-0.3, -0.25) is 4.57 Å². The molecule has 0 aliphatic carbocycles. The van der Waals surface area contributed by atoms with Crippen LogP contribution in [-0.4, -0.2) is 50.9 Å². The average Bonchev–Trinajstić information content (AvgIpc) is 2.93. The number of hydrogen-bond acceptors (Lipinski definition) is 7. The Morgan fingerprint density at radius 2 is 2.20 bits per heavy atom. The molecule has 1 N–H and O–H groups in total. The highest BCUT2D eigenvalue weighted by molar-refractivity contribution is 5.30. The number of imidazole rings is 1. The topological polar surface area (TPSA) is 87.0 Å². The van der Waals surface area contributed by atoms with E-state index in [1.165, 1.54) is 0 Å². The van der Waals surface area contributed by atoms with E-state index >= 15 is 0 Å². The van der Waals surface area contributed by atoms with Crippen molar-refractivity contribution >= 4 is 5.95 Å². The number of nitrogens with zero attached hydrogens (tertiary/aromatic N) is 5. The normalized spacial score (nSPS) is 12.2. The molecule has 0 saturated heterocycles. The van der Waals surface area contributed by atoms with E-state index in [1.54, 1.807) is 30.4 Å². The van der Waals surface area contributed by atoms with Gasteiger partial charge < -0.3 is 14.8 Å². The number of anilines is 1. The molecule has 2 aromatic rings. The molecule has 0 aliphatic heterocycles. The van der Waals surface area contributed by atoms with Gasteiger partial charge in [0.15, 0.2) is 0 Å². The third kappa shape index (κ3) is 3.64. The van der Waals surface area contributed by atoms with Crippen molar-refractivity contribution in [2.75, 3.05) is 25.6 Å². The summed E-state index contributed by atoms with van der Waals surface area (Å²) in [6, 6.07) is 0.254. The minimum absolute atomic E-state index is 0.146. The molecule has 0 radical (unpaired) electrons. The molecule has 2 rings (SSSR count). The Balaban J connectivity index is 2.26. The van der Waals surface area contributed by atoms with Gasteiger partial charge in [0.2, 0.25) is 11.9 Å². The SMILES string of the molecule is CCNc1nc(OC(C)COC)nc(-n2ccnc2)n1. The maximum atomic E-state index is 5.62. The van der Waals surface area contributed by atoms with Crippen molar-refractivity contribution in [2.24, 2.45) is 0 Å². The molecule has 0 bridgehead atoms. The Labute approximate surface area is 117 Å². The zero-order valence-corrected chi connectivity index (χ0v) is 11.8. The summed E-state index contributed by atoms with van der Waals surface area (Å²) in [6.07, 6.45) is 4.89. The van der Waals surface area contributed by atoms with Gasteiger partial charge in [0.1, 0.15) is 12.4 Å². The standard InChI is InChI=1S/C12H18N6O2/c1-4-14-10-15-11(18-6-5-13-8-18)17-12(16-10)20-9(2)7-19-3/h5-6,8-9H,4,7H2,1-3H3,(H,14,15,16,17). The van der Waals surface area contributed by atoms with Crippen LogP contribution in [0.3, 0.4) is 0 Å². The maximum absolute atomic E-state index is 5.62. The highest BCUT2D eigenvalue weighted by Gasteiger charge is 2.11. The van der Waals surface area contributed by atoms with E-state index in [-0.39, 0.29) is 12.1 Å². The third-order valence-electron chi connectivity index (χ3n) is 2.38. The van der Waals surface area contributed by atoms with Crippen molar-refractivity contribution in [3.05, 3.63) is 18.7 Å². The van der Waals surface area contributed by atoms with Gasteiger partial charge >= 0.3 is 6.01 Å². The van der Waals surface area contributed by atoms with Gasteiger partial charge in [-0.15, -0.1) is 0 Å². The first-order valence-corrected chi connectivity index (χ1v) is 6.36. The zero-order chi connectivity index (χ0) is 14.4. The van der Waals surface area contributed by atoms with Crippen molar-refractivity contribution in [2.45, 2.75) is 20.0 Å². The minimum Gasteiger partial charge on any atom is -0.458 e. The van der Waals surface area contributed by atoms with Crippen LogP contribution in [0.2, 0.25) is 0 Å². The lowest BCUT2D eigenvalue weighted by Crippen LogP contribution is -2.20. The van der Waals surface area contributed by atoms with Crippen LogP contribution in [0.1, 0.15) is 13.8 Å². The van der Waals surface area contributed by atoms with Gasteiger partial charge in [-0.2, -0.15) is 15.0 Å². The van der Waals surface area contributed by atoms with Gasteiger partial charge in [0, 0.05) is 26.0 Å². The van der Waals surface area contributed by atoms with Crippen LogP contribution < -0.4 is 10.1 Å². The van der Waals surface area contributed by atoms with Crippen molar-refractivity contribution in [3.63, 3.8) is 0 Å². The fraction of sp³-hybridized carbons (Fsp3) is 0.500. The minimum atomic E-state index is -0.146. The lowest BCUT2D eigenvalue weighted by atomic mass is 10.4. The predicted octanol–water partition coefficient (Wildman–Crippen LogP) is 0.903. The predicted molar refractivity (Wildman–Crippen MR) is 73.1 cm³/mol. The van der Waals surface area contributed by atoms with E-state index in [4.69, 9.17) is 9.47 Å². The second-order valence-electron chi connectivity index (χ2n) is 4.13. The molecule has 1 atom stereocenters. The molecule has 8 heteroatoms. The molecule has 108 valence electrons. The lowest BCUT2D eigenvalue weighted by molar-refractivity contribution is 0.0854. The summed E-state index contributed by atoms with van der Waals surface area (Å²) in [5.74, 6) is 0.916. The fourth-order valence-corrected chi connectivity index (χ4v) is 1.58. The molecule has 0 spiro atoms. The summed E-state index contributed by atoms with van der Waals surface area (Å²) in [5, 5.41) is 3.05. The Bertz CT molecular complexity index is 531. The highest BCUT2D eigenvalue weighted by atomic mass is 16.5. The Morgan fingerprint density at radius 3 is 2.85 bits per heavy atom. The molecule has 0 aliphatic rings. The molecular weight excluding hydrogens is 260 g/mol. The van der Waals surface area contributed by atoms with Crippen LogP contribution in [0.5, 0.6) is 6.01 Å². The van der Waals surface area contributed by atoms with Crippen molar-refractivity contribution < 1.29 is 9.47 Å². The zero-order valence-electron chi connectivity index (χ0n) is 11.8. The molecule has 8 nitrogen and oxygen atoms in total. The summed E-state index contributed by atoms with van der Waals surface area (Å²) in [5.41, 5.74) is 0. The van der Waals surface area contributed by atoms with Crippen molar-refractivity contribution in [1.29, 1.82) is 0 Å². The Kier molecular flexibility index (Phi) is 4.83. The number of hydrogen-bond donors (Lipinski definition) is 1. The van der Waals surface area contributed by atoms with Crippen LogP contribution in [0, 0.1) is 0 Å². The second kappa shape index (κ2) is 6.80. The Hall–Kier alpha value is -2.22. The molecule has 2 aromatic heterocycles. The second-order valence-corrected chi connectivity index (χ2v) is 4.13. The van der Waals surface area contributed by atoms with E-state index in [0.717, 1.165) is 0 Å². The summed E-state index contributed by atoms with van der Waals surface area (Å²) in [6.45, 7) is 5.02. The fourth-order valence-electron chi connectivity index (χ4n) is 1.58. The van der Waals surface area contributed by atoms with E-state index in [1.807, 2.05) is 13.8 Å². The summed E-state index contributed by atoms with van der Waals surface area (Å²) in [7, 11) is 1.62. The van der Waals surface area contributed by atoms with E-state index in [2.05, 4.69) is 25.3 Å². The van der Waals surface area contributed by atoms with E-state index in [0.29, 0.717) is 25.0 Å².